The molecule has 0 amide bonds. The molecule has 0 heterocycles. The predicted octanol–water partition coefficient (Wildman–Crippen LogP) is 5.67. The standard InChI is InChI=1S/C22H31NO2.ClH/c1-4-6-7-15-23-16-20-9-8-10-21(24-5-2)22(20)25-17-19-13-11-18(3)12-14-19;/h8-14,23H,4-7,15-17H2,1-3H3;1H. The van der Waals surface area contributed by atoms with Crippen molar-refractivity contribution >= 4 is 12.4 Å². The van der Waals surface area contributed by atoms with Gasteiger partial charge in [-0.2, -0.15) is 0 Å². The van der Waals surface area contributed by atoms with Crippen molar-refractivity contribution in [3.8, 4) is 11.5 Å². The molecule has 0 bridgehead atoms. The first-order valence-electron chi connectivity index (χ1n) is 9.38. The number of hydrogen-bond acceptors (Lipinski definition) is 3. The fraction of sp³-hybridized carbons (Fsp3) is 0.455. The zero-order chi connectivity index (χ0) is 17.9. The van der Waals surface area contributed by atoms with Gasteiger partial charge >= 0.3 is 0 Å². The highest BCUT2D eigenvalue weighted by Gasteiger charge is 2.11. The van der Waals surface area contributed by atoms with Crippen molar-refractivity contribution in [2.24, 2.45) is 0 Å². The molecule has 0 aromatic heterocycles. The van der Waals surface area contributed by atoms with Gasteiger partial charge in [0.1, 0.15) is 6.61 Å². The Morgan fingerprint density at radius 3 is 2.38 bits per heavy atom. The third kappa shape index (κ3) is 7.27. The third-order valence-corrected chi connectivity index (χ3v) is 4.14. The highest BCUT2D eigenvalue weighted by Crippen LogP contribution is 2.32. The molecule has 4 heteroatoms. The van der Waals surface area contributed by atoms with Crippen molar-refractivity contribution < 1.29 is 9.47 Å². The minimum Gasteiger partial charge on any atom is -0.490 e. The van der Waals surface area contributed by atoms with Gasteiger partial charge in [0.05, 0.1) is 6.61 Å². The minimum atomic E-state index is 0. The summed E-state index contributed by atoms with van der Waals surface area (Å²) in [6, 6.07) is 14.6. The summed E-state index contributed by atoms with van der Waals surface area (Å²) >= 11 is 0. The average molecular weight is 378 g/mol. The second-order valence-electron chi connectivity index (χ2n) is 6.34. The number of hydrogen-bond donors (Lipinski definition) is 1. The topological polar surface area (TPSA) is 30.5 Å². The Labute approximate surface area is 164 Å². The van der Waals surface area contributed by atoms with Crippen molar-refractivity contribution in [2.45, 2.75) is 53.2 Å². The smallest absolute Gasteiger partial charge is 0.166 e. The molecule has 0 aliphatic carbocycles. The molecule has 0 aliphatic rings. The van der Waals surface area contributed by atoms with Crippen LogP contribution in [0.25, 0.3) is 0 Å². The van der Waals surface area contributed by atoms with Gasteiger partial charge in [-0.05, 0) is 38.4 Å². The summed E-state index contributed by atoms with van der Waals surface area (Å²) in [5, 5.41) is 3.52. The zero-order valence-electron chi connectivity index (χ0n) is 16.2. The second-order valence-corrected chi connectivity index (χ2v) is 6.34. The Morgan fingerprint density at radius 1 is 0.923 bits per heavy atom. The van der Waals surface area contributed by atoms with Crippen molar-refractivity contribution in [1.82, 2.24) is 5.32 Å². The number of ether oxygens (including phenoxy) is 2. The lowest BCUT2D eigenvalue weighted by atomic mass is 10.1. The Bertz CT molecular complexity index is 629. The molecular formula is C22H32ClNO2. The van der Waals surface area contributed by atoms with Gasteiger partial charge in [0, 0.05) is 12.1 Å². The third-order valence-electron chi connectivity index (χ3n) is 4.14. The maximum Gasteiger partial charge on any atom is 0.166 e. The molecule has 0 radical (unpaired) electrons. The highest BCUT2D eigenvalue weighted by molar-refractivity contribution is 5.85. The molecule has 2 aromatic rings. The molecule has 2 rings (SSSR count). The van der Waals surface area contributed by atoms with Crippen LogP contribution in [-0.4, -0.2) is 13.2 Å². The van der Waals surface area contributed by atoms with Gasteiger partial charge < -0.3 is 14.8 Å². The van der Waals surface area contributed by atoms with E-state index in [1.54, 1.807) is 0 Å². The van der Waals surface area contributed by atoms with Gasteiger partial charge in [-0.3, -0.25) is 0 Å². The van der Waals surface area contributed by atoms with E-state index in [-0.39, 0.29) is 12.4 Å². The van der Waals surface area contributed by atoms with E-state index in [9.17, 15) is 0 Å². The monoisotopic (exact) mass is 377 g/mol. The lowest BCUT2D eigenvalue weighted by Gasteiger charge is -2.16. The van der Waals surface area contributed by atoms with Crippen molar-refractivity contribution in [1.29, 1.82) is 0 Å². The number of aryl methyl sites for hydroxylation is 1. The van der Waals surface area contributed by atoms with Crippen LogP contribution in [0.1, 0.15) is 49.8 Å². The van der Waals surface area contributed by atoms with E-state index >= 15 is 0 Å². The summed E-state index contributed by atoms with van der Waals surface area (Å²) < 4.78 is 11.9. The van der Waals surface area contributed by atoms with Crippen LogP contribution in [0.5, 0.6) is 11.5 Å². The molecule has 1 N–H and O–H groups in total. The number of benzene rings is 2. The van der Waals surface area contributed by atoms with Gasteiger partial charge in [0.25, 0.3) is 0 Å². The van der Waals surface area contributed by atoms with Gasteiger partial charge in [-0.15, -0.1) is 12.4 Å². The van der Waals surface area contributed by atoms with Crippen LogP contribution in [0.2, 0.25) is 0 Å². The number of para-hydroxylation sites is 1. The summed E-state index contributed by atoms with van der Waals surface area (Å²) in [6.07, 6.45) is 3.72. The maximum atomic E-state index is 6.16. The second kappa shape index (κ2) is 12.6. The molecule has 0 atom stereocenters. The summed E-state index contributed by atoms with van der Waals surface area (Å²) in [6.45, 7) is 9.33. The van der Waals surface area contributed by atoms with Crippen molar-refractivity contribution in [3.63, 3.8) is 0 Å². The van der Waals surface area contributed by atoms with E-state index in [1.807, 2.05) is 19.1 Å². The van der Waals surface area contributed by atoms with Crippen LogP contribution in [-0.2, 0) is 13.2 Å². The van der Waals surface area contributed by atoms with Crippen molar-refractivity contribution in [3.05, 3.63) is 59.2 Å². The summed E-state index contributed by atoms with van der Waals surface area (Å²) in [5.74, 6) is 1.68. The first-order valence-corrected chi connectivity index (χ1v) is 9.38. The van der Waals surface area contributed by atoms with E-state index in [4.69, 9.17) is 9.47 Å². The van der Waals surface area contributed by atoms with E-state index in [0.29, 0.717) is 13.2 Å². The Morgan fingerprint density at radius 2 is 1.69 bits per heavy atom. The maximum absolute atomic E-state index is 6.16. The summed E-state index contributed by atoms with van der Waals surface area (Å²) in [7, 11) is 0. The molecule has 0 unspecified atom stereocenters. The molecule has 0 saturated carbocycles. The van der Waals surface area contributed by atoms with E-state index in [1.165, 1.54) is 30.4 Å². The molecule has 0 saturated heterocycles. The van der Waals surface area contributed by atoms with Crippen LogP contribution >= 0.6 is 12.4 Å². The molecular weight excluding hydrogens is 346 g/mol. The van der Waals surface area contributed by atoms with Crippen molar-refractivity contribution in [2.75, 3.05) is 13.2 Å². The molecule has 26 heavy (non-hydrogen) atoms. The number of nitrogens with one attached hydrogen (secondary N) is 1. The number of unbranched alkanes of at least 4 members (excludes halogenated alkanes) is 2. The predicted molar refractivity (Wildman–Crippen MR) is 112 cm³/mol. The van der Waals surface area contributed by atoms with Gasteiger partial charge in [0.2, 0.25) is 0 Å². The lowest BCUT2D eigenvalue weighted by Crippen LogP contribution is -2.15. The lowest BCUT2D eigenvalue weighted by molar-refractivity contribution is 0.266. The SMILES string of the molecule is CCCCCNCc1cccc(OCC)c1OCc1ccc(C)cc1.Cl. The van der Waals surface area contributed by atoms with Gasteiger partial charge in [0.15, 0.2) is 11.5 Å². The normalized spacial score (nSPS) is 10.3. The minimum absolute atomic E-state index is 0. The fourth-order valence-electron chi connectivity index (χ4n) is 2.70. The quantitative estimate of drug-likeness (QED) is 0.511. The van der Waals surface area contributed by atoms with E-state index < -0.39 is 0 Å². The Balaban J connectivity index is 0.00000338. The Hall–Kier alpha value is -1.71. The number of rotatable bonds is 11. The fourth-order valence-corrected chi connectivity index (χ4v) is 2.70. The first kappa shape index (κ1) is 22.3. The van der Waals surface area contributed by atoms with E-state index in [0.717, 1.165) is 30.2 Å². The summed E-state index contributed by atoms with van der Waals surface area (Å²) in [4.78, 5) is 0. The van der Waals surface area contributed by atoms with Crippen LogP contribution in [0, 0.1) is 6.92 Å². The molecule has 0 fully saturated rings. The van der Waals surface area contributed by atoms with Crippen LogP contribution in [0.3, 0.4) is 0 Å². The van der Waals surface area contributed by atoms with Crippen LogP contribution in [0.4, 0.5) is 0 Å². The zero-order valence-corrected chi connectivity index (χ0v) is 17.0. The van der Waals surface area contributed by atoms with E-state index in [2.05, 4.69) is 49.5 Å². The van der Waals surface area contributed by atoms with Gasteiger partial charge in [-0.1, -0.05) is 61.7 Å². The molecule has 2 aromatic carbocycles. The average Bonchev–Trinajstić information content (AvgIpc) is 2.62. The first-order chi connectivity index (χ1) is 12.2. The largest absolute Gasteiger partial charge is 0.490 e. The van der Waals surface area contributed by atoms with Crippen LogP contribution < -0.4 is 14.8 Å². The molecule has 144 valence electrons. The molecule has 0 spiro atoms. The summed E-state index contributed by atoms with van der Waals surface area (Å²) in [5.41, 5.74) is 3.57. The van der Waals surface area contributed by atoms with Gasteiger partial charge in [-0.25, -0.2) is 0 Å². The number of halogens is 1. The molecule has 3 nitrogen and oxygen atoms in total. The Kier molecular flexibility index (Phi) is 10.8. The molecule has 0 aliphatic heterocycles. The van der Waals surface area contributed by atoms with Crippen LogP contribution in [0.15, 0.2) is 42.5 Å². The highest BCUT2D eigenvalue weighted by atomic mass is 35.5.